The third kappa shape index (κ3) is 2.23. The number of aromatic nitrogens is 2. The molecule has 0 N–H and O–H groups in total. The smallest absolute Gasteiger partial charge is 0.232 e. The monoisotopic (exact) mass is 257 g/mol. The molecule has 1 aliphatic rings. The third-order valence-electron chi connectivity index (χ3n) is 3.33. The molecular weight excluding hydrogens is 242 g/mol. The quantitative estimate of drug-likeness (QED) is 0.827. The van der Waals surface area contributed by atoms with Gasteiger partial charge in [-0.25, -0.2) is 0 Å². The van der Waals surface area contributed by atoms with E-state index in [1.807, 2.05) is 31.2 Å². The number of hydrogen-bond acceptors (Lipinski definition) is 4. The first-order valence-corrected chi connectivity index (χ1v) is 6.31. The molecule has 1 fully saturated rings. The number of carbonyl (C=O) groups is 1. The predicted molar refractivity (Wildman–Crippen MR) is 69.9 cm³/mol. The molecule has 1 atom stereocenters. The minimum Gasteiger partial charge on any atom is -0.339 e. The molecule has 0 unspecified atom stereocenters. The lowest BCUT2D eigenvalue weighted by Crippen LogP contribution is -2.24. The summed E-state index contributed by atoms with van der Waals surface area (Å²) < 4.78 is 5.16. The molecular formula is C14H15N3O2. The highest BCUT2D eigenvalue weighted by Crippen LogP contribution is 2.31. The Morgan fingerprint density at radius 3 is 2.89 bits per heavy atom. The van der Waals surface area contributed by atoms with Crippen molar-refractivity contribution in [2.24, 2.45) is 0 Å². The first kappa shape index (κ1) is 11.9. The number of rotatable bonds is 2. The lowest BCUT2D eigenvalue weighted by atomic mass is 10.1. The van der Waals surface area contributed by atoms with Gasteiger partial charge >= 0.3 is 0 Å². The van der Waals surface area contributed by atoms with Crippen LogP contribution in [0.4, 0.5) is 5.69 Å². The van der Waals surface area contributed by atoms with E-state index in [4.69, 9.17) is 4.52 Å². The molecule has 3 rings (SSSR count). The Kier molecular flexibility index (Phi) is 2.81. The van der Waals surface area contributed by atoms with E-state index in [0.29, 0.717) is 24.7 Å². The van der Waals surface area contributed by atoms with E-state index in [1.54, 1.807) is 11.8 Å². The van der Waals surface area contributed by atoms with Crippen LogP contribution in [0.15, 0.2) is 28.8 Å². The van der Waals surface area contributed by atoms with Gasteiger partial charge in [0.2, 0.25) is 11.8 Å². The van der Waals surface area contributed by atoms with Gasteiger partial charge in [0.15, 0.2) is 5.82 Å². The van der Waals surface area contributed by atoms with Crippen molar-refractivity contribution in [3.05, 3.63) is 41.5 Å². The summed E-state index contributed by atoms with van der Waals surface area (Å²) in [6.07, 6.45) is 0.426. The topological polar surface area (TPSA) is 59.2 Å². The van der Waals surface area contributed by atoms with Crippen LogP contribution in [-0.2, 0) is 4.79 Å². The van der Waals surface area contributed by atoms with Crippen LogP contribution in [0.2, 0.25) is 0 Å². The normalized spacial score (nSPS) is 19.2. The molecule has 1 aromatic heterocycles. The van der Waals surface area contributed by atoms with Gasteiger partial charge in [0.05, 0.1) is 5.92 Å². The molecule has 1 aromatic carbocycles. The van der Waals surface area contributed by atoms with Crippen molar-refractivity contribution in [2.75, 3.05) is 11.4 Å². The highest BCUT2D eigenvalue weighted by atomic mass is 16.5. The van der Waals surface area contributed by atoms with Crippen molar-refractivity contribution in [3.8, 4) is 0 Å². The Morgan fingerprint density at radius 2 is 2.21 bits per heavy atom. The van der Waals surface area contributed by atoms with Gasteiger partial charge in [-0.2, -0.15) is 4.98 Å². The Hall–Kier alpha value is -2.17. The molecule has 1 amide bonds. The van der Waals surface area contributed by atoms with Gasteiger partial charge in [-0.15, -0.1) is 0 Å². The second-order valence-corrected chi connectivity index (χ2v) is 4.92. The molecule has 5 nitrogen and oxygen atoms in total. The van der Waals surface area contributed by atoms with Crippen molar-refractivity contribution in [2.45, 2.75) is 26.2 Å². The van der Waals surface area contributed by atoms with Crippen LogP contribution in [0.3, 0.4) is 0 Å². The maximum Gasteiger partial charge on any atom is 0.232 e. The van der Waals surface area contributed by atoms with E-state index in [-0.39, 0.29) is 11.8 Å². The summed E-state index contributed by atoms with van der Waals surface area (Å²) in [5.74, 6) is 1.26. The van der Waals surface area contributed by atoms with Crippen LogP contribution in [0.5, 0.6) is 0 Å². The molecule has 19 heavy (non-hydrogen) atoms. The van der Waals surface area contributed by atoms with Crippen LogP contribution in [-0.4, -0.2) is 22.6 Å². The highest BCUT2D eigenvalue weighted by Gasteiger charge is 2.34. The van der Waals surface area contributed by atoms with Crippen LogP contribution in [0.1, 0.15) is 29.6 Å². The Labute approximate surface area is 111 Å². The molecule has 1 aliphatic heterocycles. The number of aryl methyl sites for hydroxylation is 2. The summed E-state index contributed by atoms with van der Waals surface area (Å²) in [5, 5.41) is 3.78. The Morgan fingerprint density at radius 1 is 1.37 bits per heavy atom. The van der Waals surface area contributed by atoms with Gasteiger partial charge in [-0.05, 0) is 31.5 Å². The van der Waals surface area contributed by atoms with Crippen molar-refractivity contribution in [1.82, 2.24) is 10.1 Å². The number of anilines is 1. The van der Waals surface area contributed by atoms with Crippen molar-refractivity contribution < 1.29 is 9.32 Å². The van der Waals surface area contributed by atoms with E-state index < -0.39 is 0 Å². The van der Waals surface area contributed by atoms with Crippen LogP contribution in [0, 0.1) is 13.8 Å². The van der Waals surface area contributed by atoms with E-state index >= 15 is 0 Å². The lowest BCUT2D eigenvalue weighted by molar-refractivity contribution is -0.117. The van der Waals surface area contributed by atoms with E-state index in [9.17, 15) is 4.79 Å². The van der Waals surface area contributed by atoms with Crippen molar-refractivity contribution in [1.29, 1.82) is 0 Å². The van der Waals surface area contributed by atoms with Crippen LogP contribution < -0.4 is 4.90 Å². The summed E-state index contributed by atoms with van der Waals surface area (Å²) in [6.45, 7) is 4.40. The minimum atomic E-state index is -0.00536. The van der Waals surface area contributed by atoms with Crippen molar-refractivity contribution in [3.63, 3.8) is 0 Å². The minimum absolute atomic E-state index is 0.00536. The molecule has 1 saturated heterocycles. The zero-order chi connectivity index (χ0) is 13.4. The molecule has 2 heterocycles. The zero-order valence-corrected chi connectivity index (χ0v) is 11.0. The molecule has 0 radical (unpaired) electrons. The van der Waals surface area contributed by atoms with E-state index in [0.717, 1.165) is 11.3 Å². The largest absolute Gasteiger partial charge is 0.339 e. The summed E-state index contributed by atoms with van der Waals surface area (Å²) in [7, 11) is 0. The SMILES string of the molecule is Cc1cccc(N2C[C@H](c3nc(C)no3)CC2=O)c1. The summed E-state index contributed by atoms with van der Waals surface area (Å²) in [6, 6.07) is 7.94. The fourth-order valence-corrected chi connectivity index (χ4v) is 2.40. The van der Waals surface area contributed by atoms with Gasteiger partial charge in [0.1, 0.15) is 0 Å². The average molecular weight is 257 g/mol. The number of amides is 1. The Balaban J connectivity index is 1.84. The number of hydrogen-bond donors (Lipinski definition) is 0. The molecule has 0 saturated carbocycles. The maximum atomic E-state index is 12.1. The van der Waals surface area contributed by atoms with Gasteiger partial charge in [0, 0.05) is 18.7 Å². The molecule has 0 bridgehead atoms. The summed E-state index contributed by atoms with van der Waals surface area (Å²) in [5.41, 5.74) is 2.08. The Bertz CT molecular complexity index is 621. The van der Waals surface area contributed by atoms with E-state index in [2.05, 4.69) is 10.1 Å². The van der Waals surface area contributed by atoms with Gasteiger partial charge < -0.3 is 9.42 Å². The molecule has 0 spiro atoms. The lowest BCUT2D eigenvalue weighted by Gasteiger charge is -2.16. The molecule has 2 aromatic rings. The zero-order valence-electron chi connectivity index (χ0n) is 11.0. The highest BCUT2D eigenvalue weighted by molar-refractivity contribution is 5.96. The van der Waals surface area contributed by atoms with E-state index in [1.165, 1.54) is 0 Å². The first-order chi connectivity index (χ1) is 9.13. The van der Waals surface area contributed by atoms with Crippen LogP contribution >= 0.6 is 0 Å². The first-order valence-electron chi connectivity index (χ1n) is 6.31. The summed E-state index contributed by atoms with van der Waals surface area (Å²) >= 11 is 0. The van der Waals surface area contributed by atoms with Crippen LogP contribution in [0.25, 0.3) is 0 Å². The fraction of sp³-hybridized carbons (Fsp3) is 0.357. The molecule has 5 heteroatoms. The molecule has 98 valence electrons. The predicted octanol–water partition coefficient (Wildman–Crippen LogP) is 2.21. The second-order valence-electron chi connectivity index (χ2n) is 4.92. The second kappa shape index (κ2) is 4.50. The molecule has 0 aliphatic carbocycles. The number of carbonyl (C=O) groups excluding carboxylic acids is 1. The van der Waals surface area contributed by atoms with Crippen molar-refractivity contribution >= 4 is 11.6 Å². The fourth-order valence-electron chi connectivity index (χ4n) is 2.40. The average Bonchev–Trinajstić information content (AvgIpc) is 2.95. The number of nitrogens with zero attached hydrogens (tertiary/aromatic N) is 3. The third-order valence-corrected chi connectivity index (χ3v) is 3.33. The van der Waals surface area contributed by atoms with Gasteiger partial charge in [-0.3, -0.25) is 4.79 Å². The maximum absolute atomic E-state index is 12.1. The number of benzene rings is 1. The van der Waals surface area contributed by atoms with Gasteiger partial charge in [-0.1, -0.05) is 17.3 Å². The summed E-state index contributed by atoms with van der Waals surface area (Å²) in [4.78, 5) is 18.1. The standard InChI is InChI=1S/C14H15N3O2/c1-9-4-3-5-12(6-9)17-8-11(7-13(17)18)14-15-10(2)16-19-14/h3-6,11H,7-8H2,1-2H3/t11-/m1/s1. The van der Waals surface area contributed by atoms with Gasteiger partial charge in [0.25, 0.3) is 0 Å².